The van der Waals surface area contributed by atoms with Crippen molar-refractivity contribution in [1.82, 2.24) is 9.97 Å². The first kappa shape index (κ1) is 20.1. The maximum Gasteiger partial charge on any atom is 0.264 e. The molecule has 0 aliphatic heterocycles. The van der Waals surface area contributed by atoms with Crippen LogP contribution in [0.3, 0.4) is 0 Å². The molecule has 0 saturated heterocycles. The van der Waals surface area contributed by atoms with E-state index >= 15 is 0 Å². The molecule has 2 aromatic heterocycles. The van der Waals surface area contributed by atoms with Crippen molar-refractivity contribution in [3.63, 3.8) is 0 Å². The Kier molecular flexibility index (Phi) is 5.07. The number of amides is 1. The van der Waals surface area contributed by atoms with Gasteiger partial charge in [-0.25, -0.2) is 13.8 Å². The van der Waals surface area contributed by atoms with E-state index in [4.69, 9.17) is 11.5 Å². The maximum atomic E-state index is 14.0. The first-order chi connectivity index (χ1) is 14.3. The molecule has 0 bridgehead atoms. The number of pyridine rings is 1. The molecule has 3 aromatic rings. The Morgan fingerprint density at radius 3 is 2.87 bits per heavy atom. The Balaban J connectivity index is 1.70. The van der Waals surface area contributed by atoms with E-state index in [9.17, 15) is 13.6 Å². The number of benzene rings is 1. The monoisotopic (exact) mass is 414 g/mol. The number of carbonyl (C=O) groups is 1. The summed E-state index contributed by atoms with van der Waals surface area (Å²) < 4.78 is 28.0. The minimum Gasteiger partial charge on any atom is -0.365 e. The summed E-state index contributed by atoms with van der Waals surface area (Å²) in [4.78, 5) is 21.5. The van der Waals surface area contributed by atoms with Crippen molar-refractivity contribution in [3.8, 4) is 0 Å². The molecule has 1 saturated carbocycles. The predicted molar refractivity (Wildman–Crippen MR) is 113 cm³/mol. The van der Waals surface area contributed by atoms with E-state index in [1.807, 2.05) is 30.5 Å². The Morgan fingerprint density at radius 2 is 2.10 bits per heavy atom. The molecule has 0 radical (unpaired) electrons. The molecule has 4 rings (SSSR count). The number of anilines is 3. The third-order valence-electron chi connectivity index (χ3n) is 5.67. The smallest absolute Gasteiger partial charge is 0.264 e. The number of hydrogen-bond donors (Lipinski definition) is 4. The fourth-order valence-electron chi connectivity index (χ4n) is 4.00. The number of halogens is 2. The number of rotatable bonds is 5. The molecule has 9 heteroatoms. The number of primary amides is 1. The van der Waals surface area contributed by atoms with Crippen molar-refractivity contribution in [2.45, 2.75) is 37.3 Å². The molecule has 1 amide bonds. The van der Waals surface area contributed by atoms with Crippen LogP contribution >= 0.6 is 0 Å². The first-order valence-corrected chi connectivity index (χ1v) is 9.78. The fraction of sp³-hybridized carbons (Fsp3) is 0.333. The quantitative estimate of drug-likeness (QED) is 0.511. The molecular weight excluding hydrogens is 390 g/mol. The maximum absolute atomic E-state index is 14.0. The van der Waals surface area contributed by atoms with Gasteiger partial charge < -0.3 is 26.7 Å². The molecule has 30 heavy (non-hydrogen) atoms. The summed E-state index contributed by atoms with van der Waals surface area (Å²) in [6.07, 6.45) is 2.51. The van der Waals surface area contributed by atoms with E-state index in [1.165, 1.54) is 0 Å². The topological polar surface area (TPSA) is 113 Å². The highest BCUT2D eigenvalue weighted by atomic mass is 19.3. The van der Waals surface area contributed by atoms with Crippen LogP contribution in [0.4, 0.5) is 26.1 Å². The Hall–Kier alpha value is -3.20. The second kappa shape index (κ2) is 7.56. The lowest BCUT2D eigenvalue weighted by molar-refractivity contribution is -0.0554. The number of carbonyl (C=O) groups excluding carboxylic acids is 1. The zero-order valence-electron chi connectivity index (χ0n) is 16.5. The summed E-state index contributed by atoms with van der Waals surface area (Å²) in [6, 6.07) is 8.85. The number of aromatic amines is 1. The van der Waals surface area contributed by atoms with Crippen LogP contribution in [0.5, 0.6) is 0 Å². The zero-order chi connectivity index (χ0) is 21.5. The van der Waals surface area contributed by atoms with Gasteiger partial charge >= 0.3 is 0 Å². The number of H-pyrrole nitrogens is 1. The predicted octanol–water partition coefficient (Wildman–Crippen LogP) is 3.36. The molecule has 2 heterocycles. The fourth-order valence-corrected chi connectivity index (χ4v) is 4.00. The molecule has 6 N–H and O–H groups in total. The molecule has 158 valence electrons. The summed E-state index contributed by atoms with van der Waals surface area (Å²) in [5.74, 6) is -2.86. The van der Waals surface area contributed by atoms with Gasteiger partial charge in [0.1, 0.15) is 11.6 Å². The lowest BCUT2D eigenvalue weighted by Crippen LogP contribution is -2.55. The molecule has 7 nitrogen and oxygen atoms in total. The van der Waals surface area contributed by atoms with Gasteiger partial charge in [0.05, 0.1) is 17.3 Å². The molecule has 2 atom stereocenters. The Labute approximate surface area is 172 Å². The standard InChI is InChI=1S/C21H24F2N6O/c1-29(16-6-2-4-14-12(16)9-11-26-14)20-13(19(25)30)7-8-17(28-20)27-15-5-3-10-21(22,23)18(15)24/h2,4,6-9,11,15,18,26H,3,5,10,24H2,1H3,(H2,25,30)(H,27,28)/t15-,18-/m1/s1. The largest absolute Gasteiger partial charge is 0.365 e. The minimum atomic E-state index is -2.92. The average Bonchev–Trinajstić information content (AvgIpc) is 3.19. The van der Waals surface area contributed by atoms with E-state index in [2.05, 4.69) is 15.3 Å². The zero-order valence-corrected chi connectivity index (χ0v) is 16.5. The number of hydrogen-bond acceptors (Lipinski definition) is 5. The van der Waals surface area contributed by atoms with Gasteiger partial charge in [-0.05, 0) is 43.2 Å². The molecule has 1 fully saturated rings. The van der Waals surface area contributed by atoms with Gasteiger partial charge in [0.2, 0.25) is 0 Å². The van der Waals surface area contributed by atoms with Crippen LogP contribution in [0, 0.1) is 0 Å². The molecule has 0 unspecified atom stereocenters. The van der Waals surface area contributed by atoms with Crippen molar-refractivity contribution < 1.29 is 13.6 Å². The molecule has 0 spiro atoms. The van der Waals surface area contributed by atoms with Crippen LogP contribution in [0.15, 0.2) is 42.6 Å². The van der Waals surface area contributed by atoms with E-state index in [0.29, 0.717) is 24.5 Å². The van der Waals surface area contributed by atoms with Gasteiger partial charge in [-0.1, -0.05) is 6.07 Å². The lowest BCUT2D eigenvalue weighted by atomic mass is 9.87. The third kappa shape index (κ3) is 3.56. The number of fused-ring (bicyclic) bond motifs is 1. The summed E-state index contributed by atoms with van der Waals surface area (Å²) in [5, 5.41) is 3.98. The summed E-state index contributed by atoms with van der Waals surface area (Å²) in [7, 11) is 1.78. The van der Waals surface area contributed by atoms with Gasteiger partial charge in [-0.15, -0.1) is 0 Å². The summed E-state index contributed by atoms with van der Waals surface area (Å²) >= 11 is 0. The summed E-state index contributed by atoms with van der Waals surface area (Å²) in [6.45, 7) is 0. The van der Waals surface area contributed by atoms with Crippen molar-refractivity contribution in [2.24, 2.45) is 11.5 Å². The van der Waals surface area contributed by atoms with E-state index in [0.717, 1.165) is 16.6 Å². The van der Waals surface area contributed by atoms with Crippen LogP contribution < -0.4 is 21.7 Å². The van der Waals surface area contributed by atoms with Crippen LogP contribution in [0.25, 0.3) is 10.9 Å². The van der Waals surface area contributed by atoms with Gasteiger partial charge in [0.25, 0.3) is 11.8 Å². The number of nitrogens with zero attached hydrogens (tertiary/aromatic N) is 2. The Morgan fingerprint density at radius 1 is 1.30 bits per heavy atom. The molecular formula is C21H24F2N6O. The van der Waals surface area contributed by atoms with Gasteiger partial charge in [0.15, 0.2) is 0 Å². The molecule has 1 aliphatic carbocycles. The van der Waals surface area contributed by atoms with E-state index < -0.39 is 23.9 Å². The second-order valence-electron chi connectivity index (χ2n) is 7.64. The van der Waals surface area contributed by atoms with Crippen molar-refractivity contribution in [3.05, 3.63) is 48.2 Å². The number of aromatic nitrogens is 2. The van der Waals surface area contributed by atoms with Crippen molar-refractivity contribution >= 4 is 34.1 Å². The van der Waals surface area contributed by atoms with Crippen LogP contribution in [-0.4, -0.2) is 40.9 Å². The van der Waals surface area contributed by atoms with Gasteiger partial charge in [-0.2, -0.15) is 0 Å². The molecule has 1 aromatic carbocycles. The van der Waals surface area contributed by atoms with Crippen LogP contribution in [0.2, 0.25) is 0 Å². The average molecular weight is 414 g/mol. The van der Waals surface area contributed by atoms with Crippen LogP contribution in [-0.2, 0) is 0 Å². The van der Waals surface area contributed by atoms with Crippen molar-refractivity contribution in [2.75, 3.05) is 17.3 Å². The number of nitrogens with one attached hydrogen (secondary N) is 2. The second-order valence-corrected chi connectivity index (χ2v) is 7.64. The minimum absolute atomic E-state index is 0.213. The van der Waals surface area contributed by atoms with Crippen LogP contribution in [0.1, 0.15) is 29.6 Å². The Bertz CT molecular complexity index is 1080. The SMILES string of the molecule is CN(c1nc(N[C@@H]2CCCC(F)(F)[C@@H]2N)ccc1C(N)=O)c1cccc2[nH]ccc12. The van der Waals surface area contributed by atoms with Gasteiger partial charge in [-0.3, -0.25) is 4.79 Å². The highest BCUT2D eigenvalue weighted by Gasteiger charge is 2.44. The number of nitrogens with two attached hydrogens (primary N) is 2. The highest BCUT2D eigenvalue weighted by Crippen LogP contribution is 2.35. The highest BCUT2D eigenvalue weighted by molar-refractivity contribution is 6.01. The first-order valence-electron chi connectivity index (χ1n) is 9.78. The van der Waals surface area contributed by atoms with Gasteiger partial charge in [0, 0.05) is 36.6 Å². The van der Waals surface area contributed by atoms with Crippen molar-refractivity contribution in [1.29, 1.82) is 0 Å². The van der Waals surface area contributed by atoms with E-state index in [1.54, 1.807) is 24.1 Å². The number of alkyl halides is 2. The third-order valence-corrected chi connectivity index (χ3v) is 5.67. The lowest BCUT2D eigenvalue weighted by Gasteiger charge is -2.36. The normalized spacial score (nSPS) is 20.8. The molecule has 1 aliphatic rings. The van der Waals surface area contributed by atoms with E-state index in [-0.39, 0.29) is 12.0 Å². The summed E-state index contributed by atoms with van der Waals surface area (Å²) in [5.41, 5.74) is 13.3.